The van der Waals surface area contributed by atoms with Gasteiger partial charge in [-0.3, -0.25) is 14.4 Å². The second kappa shape index (κ2) is 8.60. The Morgan fingerprint density at radius 2 is 1.88 bits per heavy atom. The summed E-state index contributed by atoms with van der Waals surface area (Å²) in [6.07, 6.45) is 0.327. The first-order valence-electron chi connectivity index (χ1n) is 8.67. The van der Waals surface area contributed by atoms with Gasteiger partial charge in [0, 0.05) is 19.9 Å². The normalized spacial score (nSPS) is 15.5. The van der Waals surface area contributed by atoms with Crippen LogP contribution >= 0.6 is 0 Å². The van der Waals surface area contributed by atoms with Crippen molar-refractivity contribution < 1.29 is 19.1 Å². The summed E-state index contributed by atoms with van der Waals surface area (Å²) in [6.45, 7) is 5.52. The molecule has 0 fully saturated rings. The largest absolute Gasteiger partial charge is 0.463 e. The standard InChI is InChI=1S/C19H25N3O4/c1-12(2)26-18(24)11-16(14-7-5-13(3)6-8-14)20-19(25)15-9-10-17(23)22(4)21-15/h5-8,12,16H,9-11H2,1-4H3,(H,20,25)/t16-/m0/s1. The third-order valence-corrected chi connectivity index (χ3v) is 3.99. The molecule has 0 bridgehead atoms. The lowest BCUT2D eigenvalue weighted by Gasteiger charge is -2.23. The first kappa shape index (κ1) is 19.6. The minimum absolute atomic E-state index is 0.0228. The molecule has 0 aliphatic carbocycles. The highest BCUT2D eigenvalue weighted by atomic mass is 16.5. The van der Waals surface area contributed by atoms with E-state index < -0.39 is 6.04 Å². The van der Waals surface area contributed by atoms with E-state index in [1.165, 1.54) is 12.1 Å². The van der Waals surface area contributed by atoms with Crippen LogP contribution in [0.1, 0.15) is 50.3 Å². The highest BCUT2D eigenvalue weighted by molar-refractivity contribution is 6.39. The van der Waals surface area contributed by atoms with Crippen molar-refractivity contribution in [1.82, 2.24) is 10.3 Å². The maximum absolute atomic E-state index is 12.6. The second-order valence-corrected chi connectivity index (χ2v) is 6.64. The molecule has 1 aliphatic heterocycles. The molecule has 0 saturated carbocycles. The van der Waals surface area contributed by atoms with E-state index in [9.17, 15) is 14.4 Å². The number of carbonyl (C=O) groups is 3. The van der Waals surface area contributed by atoms with Crippen molar-refractivity contribution in [3.05, 3.63) is 35.4 Å². The number of benzene rings is 1. The molecule has 1 aromatic carbocycles. The molecule has 1 aromatic rings. The van der Waals surface area contributed by atoms with Gasteiger partial charge in [-0.1, -0.05) is 29.8 Å². The van der Waals surface area contributed by atoms with Crippen molar-refractivity contribution in [3.8, 4) is 0 Å². The topological polar surface area (TPSA) is 88.1 Å². The number of amides is 2. The number of esters is 1. The predicted molar refractivity (Wildman–Crippen MR) is 97.3 cm³/mol. The molecular formula is C19H25N3O4. The van der Waals surface area contributed by atoms with Crippen LogP contribution in [0.4, 0.5) is 0 Å². The first-order chi connectivity index (χ1) is 12.3. The van der Waals surface area contributed by atoms with Crippen LogP contribution in [0.3, 0.4) is 0 Å². The van der Waals surface area contributed by atoms with E-state index in [-0.39, 0.29) is 48.9 Å². The van der Waals surface area contributed by atoms with E-state index >= 15 is 0 Å². The second-order valence-electron chi connectivity index (χ2n) is 6.64. The smallest absolute Gasteiger partial charge is 0.308 e. The van der Waals surface area contributed by atoms with Crippen molar-refractivity contribution in [2.45, 2.75) is 52.2 Å². The van der Waals surface area contributed by atoms with Crippen molar-refractivity contribution in [3.63, 3.8) is 0 Å². The van der Waals surface area contributed by atoms with Crippen LogP contribution in [0.25, 0.3) is 0 Å². The molecule has 0 saturated heterocycles. The van der Waals surface area contributed by atoms with E-state index in [0.29, 0.717) is 0 Å². The Labute approximate surface area is 153 Å². The zero-order valence-corrected chi connectivity index (χ0v) is 15.6. The Kier molecular flexibility index (Phi) is 6.49. The molecule has 0 unspecified atom stereocenters. The van der Waals surface area contributed by atoms with E-state index in [1.807, 2.05) is 31.2 Å². The lowest BCUT2D eigenvalue weighted by molar-refractivity contribution is -0.148. The monoisotopic (exact) mass is 359 g/mol. The van der Waals surface area contributed by atoms with Gasteiger partial charge in [-0.25, -0.2) is 5.01 Å². The third kappa shape index (κ3) is 5.40. The Morgan fingerprint density at radius 1 is 1.23 bits per heavy atom. The van der Waals surface area contributed by atoms with Gasteiger partial charge in [0.2, 0.25) is 5.91 Å². The molecular weight excluding hydrogens is 334 g/mol. The lowest BCUT2D eigenvalue weighted by atomic mass is 10.0. The minimum atomic E-state index is -0.528. The first-order valence-corrected chi connectivity index (χ1v) is 8.67. The minimum Gasteiger partial charge on any atom is -0.463 e. The fourth-order valence-corrected chi connectivity index (χ4v) is 2.60. The van der Waals surface area contributed by atoms with Crippen LogP contribution in [0.15, 0.2) is 29.4 Å². The molecule has 0 aromatic heterocycles. The number of hydrazone groups is 1. The van der Waals surface area contributed by atoms with E-state index in [2.05, 4.69) is 10.4 Å². The van der Waals surface area contributed by atoms with Crippen LogP contribution in [-0.2, 0) is 19.1 Å². The number of hydrogen-bond acceptors (Lipinski definition) is 5. The summed E-state index contributed by atoms with van der Waals surface area (Å²) < 4.78 is 5.21. The summed E-state index contributed by atoms with van der Waals surface area (Å²) in [5.74, 6) is -0.895. The Hall–Kier alpha value is -2.70. The molecule has 7 heteroatoms. The number of nitrogens with one attached hydrogen (secondary N) is 1. The third-order valence-electron chi connectivity index (χ3n) is 3.99. The van der Waals surface area contributed by atoms with Crippen molar-refractivity contribution in [2.75, 3.05) is 7.05 Å². The number of hydrogen-bond donors (Lipinski definition) is 1. The predicted octanol–water partition coefficient (Wildman–Crippen LogP) is 2.10. The molecule has 26 heavy (non-hydrogen) atoms. The van der Waals surface area contributed by atoms with Crippen LogP contribution in [0.5, 0.6) is 0 Å². The fourth-order valence-electron chi connectivity index (χ4n) is 2.60. The Bertz CT molecular complexity index is 710. The maximum atomic E-state index is 12.6. The van der Waals surface area contributed by atoms with Gasteiger partial charge < -0.3 is 10.1 Å². The van der Waals surface area contributed by atoms with Crippen molar-refractivity contribution in [2.24, 2.45) is 5.10 Å². The average Bonchev–Trinajstić information content (AvgIpc) is 2.56. The molecule has 2 rings (SSSR count). The van der Waals surface area contributed by atoms with Gasteiger partial charge in [0.25, 0.3) is 5.91 Å². The van der Waals surface area contributed by atoms with Gasteiger partial charge in [-0.15, -0.1) is 0 Å². The van der Waals surface area contributed by atoms with Crippen LogP contribution in [0.2, 0.25) is 0 Å². The number of nitrogens with zero attached hydrogens (tertiary/aromatic N) is 2. The van der Waals surface area contributed by atoms with E-state index in [1.54, 1.807) is 13.8 Å². The Balaban J connectivity index is 2.16. The SMILES string of the molecule is Cc1ccc([C@H](CC(=O)OC(C)C)NC(=O)C2=NN(C)C(=O)CC2)cc1. The summed E-state index contributed by atoms with van der Waals surface area (Å²) >= 11 is 0. The van der Waals surface area contributed by atoms with Gasteiger partial charge >= 0.3 is 5.97 Å². The molecule has 0 spiro atoms. The van der Waals surface area contributed by atoms with Gasteiger partial charge in [-0.2, -0.15) is 5.10 Å². The van der Waals surface area contributed by atoms with Gasteiger partial charge in [0.15, 0.2) is 0 Å². The van der Waals surface area contributed by atoms with Gasteiger partial charge in [0.1, 0.15) is 5.71 Å². The number of carbonyl (C=O) groups excluding carboxylic acids is 3. The zero-order chi connectivity index (χ0) is 19.3. The number of aryl methyl sites for hydroxylation is 1. The highest BCUT2D eigenvalue weighted by Gasteiger charge is 2.26. The molecule has 1 heterocycles. The summed E-state index contributed by atoms with van der Waals surface area (Å²) in [5.41, 5.74) is 2.17. The number of ether oxygens (including phenoxy) is 1. The maximum Gasteiger partial charge on any atom is 0.308 e. The molecule has 2 amide bonds. The van der Waals surface area contributed by atoms with E-state index in [0.717, 1.165) is 11.1 Å². The lowest BCUT2D eigenvalue weighted by Crippen LogP contribution is -2.40. The van der Waals surface area contributed by atoms with Crippen LogP contribution < -0.4 is 5.32 Å². The van der Waals surface area contributed by atoms with Crippen molar-refractivity contribution in [1.29, 1.82) is 0 Å². The summed E-state index contributed by atoms with van der Waals surface area (Å²) in [6, 6.07) is 7.07. The highest BCUT2D eigenvalue weighted by Crippen LogP contribution is 2.19. The summed E-state index contributed by atoms with van der Waals surface area (Å²) in [5, 5.41) is 8.05. The summed E-state index contributed by atoms with van der Waals surface area (Å²) in [7, 11) is 1.52. The summed E-state index contributed by atoms with van der Waals surface area (Å²) in [4.78, 5) is 36.2. The van der Waals surface area contributed by atoms with Crippen LogP contribution in [-0.4, -0.2) is 41.7 Å². The van der Waals surface area contributed by atoms with Crippen molar-refractivity contribution >= 4 is 23.5 Å². The molecule has 1 aliphatic rings. The molecule has 140 valence electrons. The molecule has 7 nitrogen and oxygen atoms in total. The fraction of sp³-hybridized carbons (Fsp3) is 0.474. The molecule has 1 atom stereocenters. The molecule has 0 radical (unpaired) electrons. The average molecular weight is 359 g/mol. The molecule has 1 N–H and O–H groups in total. The van der Waals surface area contributed by atoms with Crippen LogP contribution in [0, 0.1) is 6.92 Å². The van der Waals surface area contributed by atoms with E-state index in [4.69, 9.17) is 4.74 Å². The van der Waals surface area contributed by atoms with Gasteiger partial charge in [-0.05, 0) is 26.3 Å². The van der Waals surface area contributed by atoms with Gasteiger partial charge in [0.05, 0.1) is 18.6 Å². The number of rotatable bonds is 6. The Morgan fingerprint density at radius 3 is 2.46 bits per heavy atom. The zero-order valence-electron chi connectivity index (χ0n) is 15.6. The quantitative estimate of drug-likeness (QED) is 0.788.